The van der Waals surface area contributed by atoms with Crippen molar-refractivity contribution in [2.45, 2.75) is 6.92 Å². The normalized spacial score (nSPS) is 10.7. The molecule has 0 saturated carbocycles. The zero-order valence-electron chi connectivity index (χ0n) is 15.1. The molecule has 26 heavy (non-hydrogen) atoms. The van der Waals surface area contributed by atoms with E-state index in [0.717, 1.165) is 33.8 Å². The van der Waals surface area contributed by atoms with Crippen molar-refractivity contribution >= 4 is 10.9 Å². The fraction of sp³-hybridized carbons (Fsp3) is 0.286. The molecule has 0 saturated heterocycles. The minimum Gasteiger partial charge on any atom is -0.497 e. The molecular weight excluding hydrogens is 330 g/mol. The number of hydrogen-bond acceptors (Lipinski definition) is 5. The van der Waals surface area contributed by atoms with Crippen molar-refractivity contribution < 1.29 is 18.9 Å². The number of pyridine rings is 1. The van der Waals surface area contributed by atoms with Gasteiger partial charge in [-0.05, 0) is 43.3 Å². The van der Waals surface area contributed by atoms with E-state index in [1.807, 2.05) is 55.5 Å². The van der Waals surface area contributed by atoms with Crippen molar-refractivity contribution in [1.29, 1.82) is 0 Å². The number of nitrogens with zero attached hydrogens (tertiary/aromatic N) is 1. The lowest BCUT2D eigenvalue weighted by Crippen LogP contribution is -2.12. The molecule has 3 rings (SSSR count). The fourth-order valence-corrected chi connectivity index (χ4v) is 2.54. The molecule has 0 aliphatic carbocycles. The Morgan fingerprint density at radius 1 is 0.769 bits per heavy atom. The molecule has 1 heterocycles. The van der Waals surface area contributed by atoms with Gasteiger partial charge in [-0.3, -0.25) is 0 Å². The van der Waals surface area contributed by atoms with Gasteiger partial charge < -0.3 is 18.9 Å². The van der Waals surface area contributed by atoms with Gasteiger partial charge in [0.2, 0.25) is 0 Å². The summed E-state index contributed by atoms with van der Waals surface area (Å²) in [5.41, 5.74) is 1.86. The number of aryl methyl sites for hydroxylation is 1. The van der Waals surface area contributed by atoms with Crippen LogP contribution < -0.4 is 14.2 Å². The number of hydrogen-bond donors (Lipinski definition) is 0. The van der Waals surface area contributed by atoms with Crippen LogP contribution in [0.15, 0.2) is 54.6 Å². The maximum Gasteiger partial charge on any atom is 0.145 e. The molecule has 0 N–H and O–H groups in total. The van der Waals surface area contributed by atoms with Gasteiger partial charge in [0.05, 0.1) is 20.3 Å². The largest absolute Gasteiger partial charge is 0.497 e. The van der Waals surface area contributed by atoms with Gasteiger partial charge in [-0.25, -0.2) is 4.98 Å². The second-order valence-electron chi connectivity index (χ2n) is 5.77. The van der Waals surface area contributed by atoms with Crippen LogP contribution in [-0.4, -0.2) is 38.5 Å². The van der Waals surface area contributed by atoms with E-state index < -0.39 is 0 Å². The molecule has 0 aliphatic rings. The molecule has 0 aliphatic heterocycles. The second kappa shape index (κ2) is 9.06. The number of rotatable bonds is 9. The summed E-state index contributed by atoms with van der Waals surface area (Å²) in [6.07, 6.45) is 0. The van der Waals surface area contributed by atoms with E-state index in [1.165, 1.54) is 0 Å². The highest BCUT2D eigenvalue weighted by molar-refractivity contribution is 5.84. The summed E-state index contributed by atoms with van der Waals surface area (Å²) >= 11 is 0. The van der Waals surface area contributed by atoms with E-state index in [1.54, 1.807) is 7.11 Å². The summed E-state index contributed by atoms with van der Waals surface area (Å²) < 4.78 is 22.1. The highest BCUT2D eigenvalue weighted by atomic mass is 16.5. The van der Waals surface area contributed by atoms with Gasteiger partial charge in [-0.2, -0.15) is 0 Å². The lowest BCUT2D eigenvalue weighted by molar-refractivity contribution is 0.0767. The Hall–Kier alpha value is -2.79. The number of para-hydroxylation sites is 1. The maximum atomic E-state index is 5.82. The molecule has 1 aromatic heterocycles. The average Bonchev–Trinajstić information content (AvgIpc) is 2.68. The maximum absolute atomic E-state index is 5.82. The summed E-state index contributed by atoms with van der Waals surface area (Å²) in [6, 6.07) is 17.5. The molecule has 2 aromatic carbocycles. The van der Waals surface area contributed by atoms with Crippen LogP contribution >= 0.6 is 0 Å². The smallest absolute Gasteiger partial charge is 0.145 e. The standard InChI is InChI=1S/C21H23NO4/c1-16-6-7-17-4-3-5-20(21(17)22-16)26-15-13-24-12-14-25-19-10-8-18(23-2)9-11-19/h3-11H,12-15H2,1-2H3. The highest BCUT2D eigenvalue weighted by Crippen LogP contribution is 2.23. The van der Waals surface area contributed by atoms with Crippen molar-refractivity contribution in [3.8, 4) is 17.2 Å². The minimum absolute atomic E-state index is 0.470. The van der Waals surface area contributed by atoms with E-state index in [0.29, 0.717) is 26.4 Å². The van der Waals surface area contributed by atoms with Crippen LogP contribution in [-0.2, 0) is 4.74 Å². The van der Waals surface area contributed by atoms with Gasteiger partial charge in [0.15, 0.2) is 0 Å². The Balaban J connectivity index is 1.37. The fourth-order valence-electron chi connectivity index (χ4n) is 2.54. The summed E-state index contributed by atoms with van der Waals surface area (Å²) in [7, 11) is 1.64. The third-order valence-electron chi connectivity index (χ3n) is 3.86. The summed E-state index contributed by atoms with van der Waals surface area (Å²) in [4.78, 5) is 4.56. The number of methoxy groups -OCH3 is 1. The Labute approximate surface area is 153 Å². The van der Waals surface area contributed by atoms with Crippen molar-refractivity contribution in [3.05, 3.63) is 60.3 Å². The molecule has 0 radical (unpaired) electrons. The Kier molecular flexibility index (Phi) is 6.28. The van der Waals surface area contributed by atoms with Crippen molar-refractivity contribution in [2.24, 2.45) is 0 Å². The van der Waals surface area contributed by atoms with E-state index in [9.17, 15) is 0 Å². The molecule has 3 aromatic rings. The summed E-state index contributed by atoms with van der Waals surface area (Å²) in [5.74, 6) is 2.39. The first-order valence-corrected chi connectivity index (χ1v) is 8.60. The van der Waals surface area contributed by atoms with Crippen LogP contribution in [0.25, 0.3) is 10.9 Å². The van der Waals surface area contributed by atoms with E-state index in [4.69, 9.17) is 18.9 Å². The second-order valence-corrected chi connectivity index (χ2v) is 5.77. The zero-order valence-corrected chi connectivity index (χ0v) is 15.1. The first kappa shape index (κ1) is 18.0. The van der Waals surface area contributed by atoms with Gasteiger partial charge >= 0.3 is 0 Å². The third-order valence-corrected chi connectivity index (χ3v) is 3.86. The Morgan fingerprint density at radius 2 is 1.50 bits per heavy atom. The van der Waals surface area contributed by atoms with Gasteiger partial charge in [0.25, 0.3) is 0 Å². The van der Waals surface area contributed by atoms with Gasteiger partial charge in [-0.1, -0.05) is 18.2 Å². The molecule has 0 spiro atoms. The van der Waals surface area contributed by atoms with E-state index >= 15 is 0 Å². The van der Waals surface area contributed by atoms with Crippen LogP contribution in [0.3, 0.4) is 0 Å². The predicted molar refractivity (Wildman–Crippen MR) is 101 cm³/mol. The summed E-state index contributed by atoms with van der Waals surface area (Å²) in [5, 5.41) is 1.07. The van der Waals surface area contributed by atoms with Crippen LogP contribution in [0.4, 0.5) is 0 Å². The Morgan fingerprint density at radius 3 is 2.27 bits per heavy atom. The SMILES string of the molecule is COc1ccc(OCCOCCOc2cccc3ccc(C)nc23)cc1. The minimum atomic E-state index is 0.470. The number of ether oxygens (including phenoxy) is 4. The van der Waals surface area contributed by atoms with Crippen molar-refractivity contribution in [3.63, 3.8) is 0 Å². The van der Waals surface area contributed by atoms with Crippen molar-refractivity contribution in [2.75, 3.05) is 33.5 Å². The lowest BCUT2D eigenvalue weighted by atomic mass is 10.2. The molecule has 0 bridgehead atoms. The number of fused-ring (bicyclic) bond motifs is 1. The van der Waals surface area contributed by atoms with Gasteiger partial charge in [0.1, 0.15) is 36.0 Å². The molecule has 0 amide bonds. The molecule has 5 heteroatoms. The molecule has 5 nitrogen and oxygen atoms in total. The highest BCUT2D eigenvalue weighted by Gasteiger charge is 2.04. The first-order chi connectivity index (χ1) is 12.8. The van der Waals surface area contributed by atoms with E-state index in [2.05, 4.69) is 11.1 Å². The lowest BCUT2D eigenvalue weighted by Gasteiger charge is -2.10. The summed E-state index contributed by atoms with van der Waals surface area (Å²) in [6.45, 7) is 3.93. The average molecular weight is 353 g/mol. The topological polar surface area (TPSA) is 49.8 Å². The third kappa shape index (κ3) is 4.86. The molecule has 136 valence electrons. The van der Waals surface area contributed by atoms with Gasteiger partial charge in [-0.15, -0.1) is 0 Å². The quantitative estimate of drug-likeness (QED) is 0.544. The molecule has 0 unspecified atom stereocenters. The molecular formula is C21H23NO4. The number of aromatic nitrogens is 1. The first-order valence-electron chi connectivity index (χ1n) is 8.60. The van der Waals surface area contributed by atoms with Crippen LogP contribution in [0.2, 0.25) is 0 Å². The number of benzene rings is 2. The van der Waals surface area contributed by atoms with Crippen LogP contribution in [0, 0.1) is 6.92 Å². The van der Waals surface area contributed by atoms with E-state index in [-0.39, 0.29) is 0 Å². The predicted octanol–water partition coefficient (Wildman–Crippen LogP) is 4.03. The Bertz CT molecular complexity index is 833. The van der Waals surface area contributed by atoms with Crippen LogP contribution in [0.5, 0.6) is 17.2 Å². The molecule has 0 fully saturated rings. The van der Waals surface area contributed by atoms with Crippen molar-refractivity contribution in [1.82, 2.24) is 4.98 Å². The molecule has 0 atom stereocenters. The monoisotopic (exact) mass is 353 g/mol. The zero-order chi connectivity index (χ0) is 18.2. The van der Waals surface area contributed by atoms with Gasteiger partial charge in [0, 0.05) is 11.1 Å². The van der Waals surface area contributed by atoms with Crippen LogP contribution in [0.1, 0.15) is 5.69 Å².